The molecule has 0 aromatic carbocycles. The topological polar surface area (TPSA) is 35.2 Å². The standard InChI is InChI=1S/C9H17NO/c1-2-7-11-9-5-3-8(10)4-6-9/h2,7-9H,3-6,10H2,1H3. The zero-order chi connectivity index (χ0) is 8.10. The van der Waals surface area contributed by atoms with Crippen molar-refractivity contribution in [3.05, 3.63) is 12.3 Å². The van der Waals surface area contributed by atoms with Crippen LogP contribution in [0.2, 0.25) is 0 Å². The Morgan fingerprint density at radius 1 is 1.27 bits per heavy atom. The van der Waals surface area contributed by atoms with Crippen LogP contribution in [0, 0.1) is 0 Å². The molecule has 2 nitrogen and oxygen atoms in total. The number of nitrogens with two attached hydrogens (primary N) is 1. The molecule has 2 N–H and O–H groups in total. The van der Waals surface area contributed by atoms with Crippen molar-refractivity contribution in [1.29, 1.82) is 0 Å². The van der Waals surface area contributed by atoms with Crippen molar-refractivity contribution >= 4 is 0 Å². The summed E-state index contributed by atoms with van der Waals surface area (Å²) in [6, 6.07) is 0.417. The Balaban J connectivity index is 2.17. The summed E-state index contributed by atoms with van der Waals surface area (Å²) < 4.78 is 5.44. The molecular weight excluding hydrogens is 138 g/mol. The molecule has 0 saturated heterocycles. The van der Waals surface area contributed by atoms with Crippen LogP contribution in [0.25, 0.3) is 0 Å². The lowest BCUT2D eigenvalue weighted by Gasteiger charge is -2.25. The van der Waals surface area contributed by atoms with Crippen LogP contribution in [-0.4, -0.2) is 12.1 Å². The van der Waals surface area contributed by atoms with E-state index in [9.17, 15) is 0 Å². The third-order valence-electron chi connectivity index (χ3n) is 2.13. The number of hydrogen-bond donors (Lipinski definition) is 1. The summed E-state index contributed by atoms with van der Waals surface area (Å²) >= 11 is 0. The van der Waals surface area contributed by atoms with Gasteiger partial charge in [0.1, 0.15) is 0 Å². The summed E-state index contributed by atoms with van der Waals surface area (Å²) in [5.74, 6) is 0. The predicted molar refractivity (Wildman–Crippen MR) is 46.1 cm³/mol. The fraction of sp³-hybridized carbons (Fsp3) is 0.778. The maximum absolute atomic E-state index is 5.75. The molecule has 11 heavy (non-hydrogen) atoms. The monoisotopic (exact) mass is 155 g/mol. The highest BCUT2D eigenvalue weighted by atomic mass is 16.5. The smallest absolute Gasteiger partial charge is 0.0979 e. The SMILES string of the molecule is CC=COC1CCC(N)CC1. The molecule has 1 aliphatic rings. The van der Waals surface area contributed by atoms with Gasteiger partial charge in [-0.2, -0.15) is 0 Å². The van der Waals surface area contributed by atoms with Gasteiger partial charge in [-0.1, -0.05) is 6.08 Å². The van der Waals surface area contributed by atoms with Crippen LogP contribution in [0.5, 0.6) is 0 Å². The van der Waals surface area contributed by atoms with E-state index < -0.39 is 0 Å². The zero-order valence-corrected chi connectivity index (χ0v) is 7.12. The minimum absolute atomic E-state index is 0.417. The average molecular weight is 155 g/mol. The second-order valence-electron chi connectivity index (χ2n) is 3.14. The third kappa shape index (κ3) is 2.93. The van der Waals surface area contributed by atoms with E-state index in [1.54, 1.807) is 6.26 Å². The molecule has 1 fully saturated rings. The molecule has 0 aliphatic heterocycles. The molecule has 0 atom stereocenters. The molecule has 1 saturated carbocycles. The van der Waals surface area contributed by atoms with Gasteiger partial charge >= 0.3 is 0 Å². The lowest BCUT2D eigenvalue weighted by atomic mass is 9.94. The zero-order valence-electron chi connectivity index (χ0n) is 7.12. The fourth-order valence-corrected chi connectivity index (χ4v) is 1.41. The van der Waals surface area contributed by atoms with Crippen molar-refractivity contribution in [2.24, 2.45) is 5.73 Å². The van der Waals surface area contributed by atoms with Crippen LogP contribution in [-0.2, 0) is 4.74 Å². The van der Waals surface area contributed by atoms with Crippen LogP contribution in [0.15, 0.2) is 12.3 Å². The van der Waals surface area contributed by atoms with Gasteiger partial charge in [-0.25, -0.2) is 0 Å². The molecule has 0 heterocycles. The molecule has 0 radical (unpaired) electrons. The molecule has 0 amide bonds. The Hall–Kier alpha value is -0.500. The lowest BCUT2D eigenvalue weighted by Crippen LogP contribution is -2.29. The molecule has 2 heteroatoms. The van der Waals surface area contributed by atoms with Crippen LogP contribution in [0.3, 0.4) is 0 Å². The van der Waals surface area contributed by atoms with Crippen LogP contribution >= 0.6 is 0 Å². The van der Waals surface area contributed by atoms with Gasteiger partial charge in [-0.05, 0) is 32.6 Å². The minimum Gasteiger partial charge on any atom is -0.498 e. The molecule has 64 valence electrons. The van der Waals surface area contributed by atoms with E-state index in [0.717, 1.165) is 25.7 Å². The molecule has 1 aliphatic carbocycles. The molecule has 0 bridgehead atoms. The van der Waals surface area contributed by atoms with E-state index >= 15 is 0 Å². The normalized spacial score (nSPS) is 32.5. The van der Waals surface area contributed by atoms with E-state index in [4.69, 9.17) is 10.5 Å². The maximum atomic E-state index is 5.75. The number of ether oxygens (including phenoxy) is 1. The second kappa shape index (κ2) is 4.39. The highest BCUT2D eigenvalue weighted by molar-refractivity contribution is 4.77. The first-order chi connectivity index (χ1) is 5.33. The van der Waals surface area contributed by atoms with Crippen molar-refractivity contribution in [2.45, 2.75) is 44.8 Å². The van der Waals surface area contributed by atoms with E-state index in [-0.39, 0.29) is 0 Å². The summed E-state index contributed by atoms with van der Waals surface area (Å²) in [6.45, 7) is 1.97. The van der Waals surface area contributed by atoms with E-state index in [0.29, 0.717) is 12.1 Å². The van der Waals surface area contributed by atoms with Gasteiger partial charge in [-0.3, -0.25) is 0 Å². The minimum atomic E-state index is 0.417. The predicted octanol–water partition coefficient (Wildman–Crippen LogP) is 1.81. The number of allylic oxidation sites excluding steroid dienone is 1. The Morgan fingerprint density at radius 3 is 2.45 bits per heavy atom. The van der Waals surface area contributed by atoms with E-state index in [2.05, 4.69) is 0 Å². The van der Waals surface area contributed by atoms with Crippen LogP contribution in [0.1, 0.15) is 32.6 Å². The highest BCUT2D eigenvalue weighted by Gasteiger charge is 2.17. The van der Waals surface area contributed by atoms with Gasteiger partial charge in [0.25, 0.3) is 0 Å². The lowest BCUT2D eigenvalue weighted by molar-refractivity contribution is 0.100. The van der Waals surface area contributed by atoms with Crippen molar-refractivity contribution in [2.75, 3.05) is 0 Å². The molecule has 0 aromatic rings. The van der Waals surface area contributed by atoms with Gasteiger partial charge in [0.2, 0.25) is 0 Å². The highest BCUT2D eigenvalue weighted by Crippen LogP contribution is 2.19. The first-order valence-electron chi connectivity index (χ1n) is 4.35. The maximum Gasteiger partial charge on any atom is 0.0979 e. The summed E-state index contributed by atoms with van der Waals surface area (Å²) in [7, 11) is 0. The summed E-state index contributed by atoms with van der Waals surface area (Å²) in [6.07, 6.45) is 8.59. The second-order valence-corrected chi connectivity index (χ2v) is 3.14. The average Bonchev–Trinajstić information content (AvgIpc) is 2.04. The van der Waals surface area contributed by atoms with Gasteiger partial charge in [0.15, 0.2) is 0 Å². The fourth-order valence-electron chi connectivity index (χ4n) is 1.41. The van der Waals surface area contributed by atoms with Crippen molar-refractivity contribution in [3.63, 3.8) is 0 Å². The van der Waals surface area contributed by atoms with E-state index in [1.165, 1.54) is 0 Å². The third-order valence-corrected chi connectivity index (χ3v) is 2.13. The van der Waals surface area contributed by atoms with Crippen molar-refractivity contribution in [3.8, 4) is 0 Å². The number of rotatable bonds is 2. The Morgan fingerprint density at radius 2 is 1.91 bits per heavy atom. The van der Waals surface area contributed by atoms with Crippen LogP contribution < -0.4 is 5.73 Å². The molecule has 1 rings (SSSR count). The van der Waals surface area contributed by atoms with Crippen molar-refractivity contribution < 1.29 is 4.74 Å². The summed E-state index contributed by atoms with van der Waals surface area (Å²) in [5, 5.41) is 0. The van der Waals surface area contributed by atoms with E-state index in [1.807, 2.05) is 13.0 Å². The quantitative estimate of drug-likeness (QED) is 0.617. The van der Waals surface area contributed by atoms with Gasteiger partial charge in [0.05, 0.1) is 12.4 Å². The molecule has 0 aromatic heterocycles. The summed E-state index contributed by atoms with van der Waals surface area (Å²) in [5.41, 5.74) is 5.75. The van der Waals surface area contributed by atoms with Gasteiger partial charge in [0, 0.05) is 6.04 Å². The van der Waals surface area contributed by atoms with Gasteiger partial charge < -0.3 is 10.5 Å². The van der Waals surface area contributed by atoms with Crippen molar-refractivity contribution in [1.82, 2.24) is 0 Å². The Bertz CT molecular complexity index is 126. The largest absolute Gasteiger partial charge is 0.498 e. The van der Waals surface area contributed by atoms with Crippen LogP contribution in [0.4, 0.5) is 0 Å². The molecule has 0 spiro atoms. The Kier molecular flexibility index (Phi) is 3.43. The summed E-state index contributed by atoms with van der Waals surface area (Å²) in [4.78, 5) is 0. The molecular formula is C9H17NO. The van der Waals surface area contributed by atoms with Gasteiger partial charge in [-0.15, -0.1) is 0 Å². The Labute approximate surface area is 68.4 Å². The number of hydrogen-bond acceptors (Lipinski definition) is 2. The first kappa shape index (κ1) is 8.60. The first-order valence-corrected chi connectivity index (χ1v) is 4.35. The molecule has 0 unspecified atom stereocenters.